The molecule has 0 aromatic carbocycles. The largest absolute Gasteiger partial charge is 0.448 e. The minimum atomic E-state index is -0.862. The first kappa shape index (κ1) is 12.8. The van der Waals surface area contributed by atoms with Crippen LogP contribution in [0.4, 0.5) is 10.6 Å². The van der Waals surface area contributed by atoms with Gasteiger partial charge in [-0.1, -0.05) is 0 Å². The smallest absolute Gasteiger partial charge is 0.404 e. The number of nitrogens with zero attached hydrogens (tertiary/aromatic N) is 1. The van der Waals surface area contributed by atoms with E-state index in [-0.39, 0.29) is 19.1 Å². The van der Waals surface area contributed by atoms with Gasteiger partial charge in [-0.25, -0.2) is 9.78 Å². The zero-order valence-corrected chi connectivity index (χ0v) is 9.40. The number of nitrogens with two attached hydrogens (primary N) is 1. The average molecular weight is 238 g/mol. The van der Waals surface area contributed by atoms with Crippen LogP contribution in [0.15, 0.2) is 18.3 Å². The number of hydrogen-bond donors (Lipinski definition) is 3. The molecule has 1 heterocycles. The van der Waals surface area contributed by atoms with Crippen molar-refractivity contribution >= 4 is 17.8 Å². The number of nitrogens with one attached hydrogen (secondary N) is 2. The zero-order valence-electron chi connectivity index (χ0n) is 9.40. The van der Waals surface area contributed by atoms with E-state index in [4.69, 9.17) is 5.73 Å². The van der Waals surface area contributed by atoms with Gasteiger partial charge in [-0.15, -0.1) is 0 Å². The number of rotatable bonds is 5. The van der Waals surface area contributed by atoms with Gasteiger partial charge in [-0.2, -0.15) is 0 Å². The van der Waals surface area contributed by atoms with E-state index in [9.17, 15) is 9.59 Å². The van der Waals surface area contributed by atoms with Crippen molar-refractivity contribution in [2.75, 3.05) is 25.5 Å². The van der Waals surface area contributed by atoms with Crippen molar-refractivity contribution in [1.29, 1.82) is 0 Å². The Kier molecular flexibility index (Phi) is 4.74. The van der Waals surface area contributed by atoms with Crippen LogP contribution < -0.4 is 16.4 Å². The highest BCUT2D eigenvalue weighted by Crippen LogP contribution is 2.03. The molecular weight excluding hydrogens is 224 g/mol. The second-order valence-corrected chi connectivity index (χ2v) is 3.11. The van der Waals surface area contributed by atoms with Crippen molar-refractivity contribution in [2.24, 2.45) is 5.73 Å². The van der Waals surface area contributed by atoms with E-state index in [0.717, 1.165) is 0 Å². The Labute approximate surface area is 98.4 Å². The standard InChI is InChI=1S/C10H14N4O3/c1-12-8-3-2-7(6-14-8)9(15)13-4-5-17-10(11)16/h2-3,6H,4-5H2,1H3,(H2,11,16)(H,12,14)(H,13,15). The van der Waals surface area contributed by atoms with Crippen LogP contribution in [0.3, 0.4) is 0 Å². The maximum atomic E-state index is 11.5. The quantitative estimate of drug-likeness (QED) is 0.623. The molecule has 0 radical (unpaired) electrons. The molecule has 0 atom stereocenters. The normalized spacial score (nSPS) is 9.47. The molecule has 1 rings (SSSR count). The van der Waals surface area contributed by atoms with E-state index in [0.29, 0.717) is 11.4 Å². The first-order chi connectivity index (χ1) is 8.13. The molecule has 1 aromatic heterocycles. The molecule has 92 valence electrons. The van der Waals surface area contributed by atoms with E-state index in [1.807, 2.05) is 0 Å². The number of anilines is 1. The molecular formula is C10H14N4O3. The third kappa shape index (κ3) is 4.37. The van der Waals surface area contributed by atoms with Gasteiger partial charge in [0.1, 0.15) is 12.4 Å². The highest BCUT2D eigenvalue weighted by Gasteiger charge is 2.05. The van der Waals surface area contributed by atoms with Crippen LogP contribution in [0.25, 0.3) is 0 Å². The summed E-state index contributed by atoms with van der Waals surface area (Å²) in [7, 11) is 1.74. The van der Waals surface area contributed by atoms with E-state index >= 15 is 0 Å². The fourth-order valence-electron chi connectivity index (χ4n) is 1.09. The highest BCUT2D eigenvalue weighted by molar-refractivity contribution is 5.94. The maximum Gasteiger partial charge on any atom is 0.404 e. The second kappa shape index (κ2) is 6.31. The summed E-state index contributed by atoms with van der Waals surface area (Å²) in [5.41, 5.74) is 5.19. The third-order valence-corrected chi connectivity index (χ3v) is 1.91. The van der Waals surface area contributed by atoms with Gasteiger partial charge < -0.3 is 21.1 Å². The number of pyridine rings is 1. The lowest BCUT2D eigenvalue weighted by atomic mass is 10.2. The van der Waals surface area contributed by atoms with Crippen LogP contribution in [0.1, 0.15) is 10.4 Å². The lowest BCUT2D eigenvalue weighted by Gasteiger charge is -2.05. The summed E-state index contributed by atoms with van der Waals surface area (Å²) in [5, 5.41) is 5.40. The van der Waals surface area contributed by atoms with Crippen molar-refractivity contribution in [3.05, 3.63) is 23.9 Å². The zero-order chi connectivity index (χ0) is 12.7. The molecule has 0 fully saturated rings. The second-order valence-electron chi connectivity index (χ2n) is 3.11. The van der Waals surface area contributed by atoms with Crippen LogP contribution in [0.2, 0.25) is 0 Å². The van der Waals surface area contributed by atoms with Crippen LogP contribution in [-0.2, 0) is 4.74 Å². The van der Waals surface area contributed by atoms with E-state index in [1.54, 1.807) is 19.2 Å². The Hall–Kier alpha value is -2.31. The van der Waals surface area contributed by atoms with Crippen LogP contribution in [0, 0.1) is 0 Å². The van der Waals surface area contributed by atoms with E-state index in [1.165, 1.54) is 6.20 Å². The Morgan fingerprint density at radius 2 is 2.24 bits per heavy atom. The highest BCUT2D eigenvalue weighted by atomic mass is 16.5. The van der Waals surface area contributed by atoms with E-state index < -0.39 is 6.09 Å². The summed E-state index contributed by atoms with van der Waals surface area (Å²) in [6.45, 7) is 0.249. The number of primary amides is 1. The number of aromatic nitrogens is 1. The Morgan fingerprint density at radius 3 is 2.76 bits per heavy atom. The predicted molar refractivity (Wildman–Crippen MR) is 61.7 cm³/mol. The molecule has 0 saturated heterocycles. The predicted octanol–water partition coefficient (Wildman–Crippen LogP) is -0.0516. The SMILES string of the molecule is CNc1ccc(C(=O)NCCOC(N)=O)cn1. The molecule has 0 aliphatic heterocycles. The van der Waals surface area contributed by atoms with Crippen LogP contribution in [-0.4, -0.2) is 37.2 Å². The third-order valence-electron chi connectivity index (χ3n) is 1.91. The summed E-state index contributed by atoms with van der Waals surface area (Å²) < 4.78 is 4.46. The molecule has 0 aliphatic rings. The van der Waals surface area contributed by atoms with Gasteiger partial charge in [0.15, 0.2) is 0 Å². The molecule has 0 unspecified atom stereocenters. The van der Waals surface area contributed by atoms with Gasteiger partial charge >= 0.3 is 6.09 Å². The number of hydrogen-bond acceptors (Lipinski definition) is 5. The molecule has 7 heteroatoms. The summed E-state index contributed by atoms with van der Waals surface area (Å²) in [6, 6.07) is 3.33. The first-order valence-corrected chi connectivity index (χ1v) is 4.97. The molecule has 7 nitrogen and oxygen atoms in total. The minimum absolute atomic E-state index is 0.0447. The number of ether oxygens (including phenoxy) is 1. The molecule has 0 aliphatic carbocycles. The van der Waals surface area contributed by atoms with Crippen molar-refractivity contribution in [3.8, 4) is 0 Å². The van der Waals surface area contributed by atoms with Crippen molar-refractivity contribution in [2.45, 2.75) is 0 Å². The lowest BCUT2D eigenvalue weighted by Crippen LogP contribution is -2.29. The van der Waals surface area contributed by atoms with Gasteiger partial charge in [-0.3, -0.25) is 4.79 Å². The van der Waals surface area contributed by atoms with Crippen molar-refractivity contribution in [3.63, 3.8) is 0 Å². The molecule has 2 amide bonds. The fourth-order valence-corrected chi connectivity index (χ4v) is 1.09. The summed E-state index contributed by atoms with van der Waals surface area (Å²) in [6.07, 6.45) is 0.593. The molecule has 17 heavy (non-hydrogen) atoms. The number of carbonyl (C=O) groups excluding carboxylic acids is 2. The van der Waals surface area contributed by atoms with Crippen molar-refractivity contribution < 1.29 is 14.3 Å². The monoisotopic (exact) mass is 238 g/mol. The Morgan fingerprint density at radius 1 is 1.47 bits per heavy atom. The van der Waals surface area contributed by atoms with Gasteiger partial charge in [0.2, 0.25) is 0 Å². The number of carbonyl (C=O) groups is 2. The Balaban J connectivity index is 2.38. The molecule has 0 saturated carbocycles. The fraction of sp³-hybridized carbons (Fsp3) is 0.300. The van der Waals surface area contributed by atoms with Crippen molar-refractivity contribution in [1.82, 2.24) is 10.3 Å². The van der Waals surface area contributed by atoms with Gasteiger partial charge in [0.05, 0.1) is 12.1 Å². The molecule has 0 spiro atoms. The van der Waals surface area contributed by atoms with Crippen LogP contribution >= 0.6 is 0 Å². The molecule has 4 N–H and O–H groups in total. The lowest BCUT2D eigenvalue weighted by molar-refractivity contribution is 0.0936. The number of amides is 2. The first-order valence-electron chi connectivity index (χ1n) is 4.97. The summed E-state index contributed by atoms with van der Waals surface area (Å²) >= 11 is 0. The van der Waals surface area contributed by atoms with Gasteiger partial charge in [0.25, 0.3) is 5.91 Å². The summed E-state index contributed by atoms with van der Waals surface area (Å²) in [4.78, 5) is 25.8. The van der Waals surface area contributed by atoms with E-state index in [2.05, 4.69) is 20.4 Å². The minimum Gasteiger partial charge on any atom is -0.448 e. The van der Waals surface area contributed by atoms with Crippen LogP contribution in [0.5, 0.6) is 0 Å². The average Bonchev–Trinajstić information content (AvgIpc) is 2.34. The molecule has 0 bridgehead atoms. The van der Waals surface area contributed by atoms with Gasteiger partial charge in [-0.05, 0) is 12.1 Å². The topological polar surface area (TPSA) is 106 Å². The maximum absolute atomic E-state index is 11.5. The Bertz CT molecular complexity index is 391. The molecule has 1 aromatic rings. The van der Waals surface area contributed by atoms with Gasteiger partial charge in [0, 0.05) is 13.2 Å². The summed E-state index contributed by atoms with van der Waals surface area (Å²) in [5.74, 6) is 0.395.